The van der Waals surface area contributed by atoms with E-state index in [0.29, 0.717) is 0 Å². The van der Waals surface area contributed by atoms with Crippen molar-refractivity contribution in [1.82, 2.24) is 0 Å². The van der Waals surface area contributed by atoms with E-state index in [4.69, 9.17) is 5.41 Å². The molecule has 112 valence electrons. The molecule has 1 heterocycles. The Morgan fingerprint density at radius 3 is 2.32 bits per heavy atom. The molecule has 0 bridgehead atoms. The van der Waals surface area contributed by atoms with E-state index in [-0.39, 0.29) is 11.6 Å². The van der Waals surface area contributed by atoms with Gasteiger partial charge in [-0.2, -0.15) is 15.8 Å². The first-order valence-electron chi connectivity index (χ1n) is 8.08. The van der Waals surface area contributed by atoms with Gasteiger partial charge in [-0.05, 0) is 32.1 Å². The summed E-state index contributed by atoms with van der Waals surface area (Å²) in [5.41, 5.74) is 0.969. The van der Waals surface area contributed by atoms with Crippen LogP contribution in [-0.2, 0) is 0 Å². The monoisotopic (exact) mass is 294 g/mol. The molecule has 3 rings (SSSR count). The number of nitriles is 3. The molecule has 0 radical (unpaired) electrons. The zero-order valence-electron chi connectivity index (χ0n) is 12.7. The Kier molecular flexibility index (Phi) is 3.73. The number of fused-ring (bicyclic) bond motifs is 1. The summed E-state index contributed by atoms with van der Waals surface area (Å²) in [7, 11) is 0. The molecule has 2 N–H and O–H groups in total. The van der Waals surface area contributed by atoms with E-state index in [1.807, 2.05) is 0 Å². The van der Waals surface area contributed by atoms with Crippen LogP contribution in [0.15, 0.2) is 11.3 Å². The topological polar surface area (TPSA) is 99.7 Å². The highest BCUT2D eigenvalue weighted by Gasteiger charge is 2.60. The Balaban J connectivity index is 2.12. The smallest absolute Gasteiger partial charge is 0.172 e. The number of hydrogen-bond donors (Lipinski definition) is 2. The Labute approximate surface area is 130 Å². The number of piperidine rings is 1. The zero-order valence-corrected chi connectivity index (χ0v) is 12.7. The van der Waals surface area contributed by atoms with Crippen LogP contribution < -0.4 is 4.90 Å². The molecule has 2 fully saturated rings. The third kappa shape index (κ3) is 1.88. The second-order valence-corrected chi connectivity index (χ2v) is 6.57. The van der Waals surface area contributed by atoms with Crippen LogP contribution in [-0.4, -0.2) is 18.8 Å². The summed E-state index contributed by atoms with van der Waals surface area (Å²) >= 11 is 0. The minimum atomic E-state index is -1.36. The Morgan fingerprint density at radius 1 is 1.05 bits per heavy atom. The van der Waals surface area contributed by atoms with Gasteiger partial charge in [0.05, 0.1) is 37.0 Å². The van der Waals surface area contributed by atoms with E-state index in [1.54, 1.807) is 0 Å². The quantitative estimate of drug-likeness (QED) is 0.762. The first-order valence-corrected chi connectivity index (χ1v) is 8.08. The highest BCUT2D eigenvalue weighted by atomic mass is 15.1. The van der Waals surface area contributed by atoms with Crippen molar-refractivity contribution >= 4 is 5.71 Å². The van der Waals surface area contributed by atoms with Gasteiger partial charge in [0, 0.05) is 17.9 Å². The molecule has 1 aliphatic heterocycles. The molecule has 2 aliphatic carbocycles. The van der Waals surface area contributed by atoms with Gasteiger partial charge in [0.1, 0.15) is 11.6 Å². The van der Waals surface area contributed by atoms with E-state index in [2.05, 4.69) is 18.2 Å². The standard InChI is InChI=1S/C17H19N5/c18-9-13-16(21)15-12(17(13,10-19)11-20)5-4-6-14(15)22-7-2-1-3-8-22/h12-13,21H,1-8H2/p+1/t12-,13+/m0/s1. The highest BCUT2D eigenvalue weighted by Crippen LogP contribution is 2.52. The van der Waals surface area contributed by atoms with Crippen molar-refractivity contribution in [2.75, 3.05) is 13.1 Å². The fourth-order valence-corrected chi connectivity index (χ4v) is 4.49. The summed E-state index contributed by atoms with van der Waals surface area (Å²) in [5.74, 6) is -1.15. The maximum Gasteiger partial charge on any atom is 0.172 e. The lowest BCUT2D eigenvalue weighted by Crippen LogP contribution is -3.11. The fraction of sp³-hybridized carbons (Fsp3) is 0.647. The third-order valence-corrected chi connectivity index (χ3v) is 5.56. The molecular weight excluding hydrogens is 274 g/mol. The van der Waals surface area contributed by atoms with Gasteiger partial charge in [0.15, 0.2) is 5.41 Å². The molecule has 1 saturated heterocycles. The molecule has 0 amide bonds. The Morgan fingerprint density at radius 2 is 1.73 bits per heavy atom. The van der Waals surface area contributed by atoms with Crippen molar-refractivity contribution < 1.29 is 4.90 Å². The summed E-state index contributed by atoms with van der Waals surface area (Å²) in [5, 5.41) is 37.1. The second kappa shape index (κ2) is 5.56. The van der Waals surface area contributed by atoms with Gasteiger partial charge in [-0.15, -0.1) is 0 Å². The molecule has 3 aliphatic rings. The molecule has 5 nitrogen and oxygen atoms in total. The first kappa shape index (κ1) is 14.8. The number of nitrogens with one attached hydrogen (secondary N) is 2. The van der Waals surface area contributed by atoms with Gasteiger partial charge >= 0.3 is 0 Å². The van der Waals surface area contributed by atoms with E-state index in [0.717, 1.165) is 37.9 Å². The summed E-state index contributed by atoms with van der Waals surface area (Å²) in [4.78, 5) is 1.42. The van der Waals surface area contributed by atoms with Crippen molar-refractivity contribution in [3.63, 3.8) is 0 Å². The number of hydrogen-bond acceptors (Lipinski definition) is 4. The van der Waals surface area contributed by atoms with Crippen LogP contribution in [0.2, 0.25) is 0 Å². The van der Waals surface area contributed by atoms with Gasteiger partial charge < -0.3 is 10.3 Å². The third-order valence-electron chi connectivity index (χ3n) is 5.56. The van der Waals surface area contributed by atoms with Crippen LogP contribution in [0.5, 0.6) is 0 Å². The van der Waals surface area contributed by atoms with E-state index < -0.39 is 11.3 Å². The summed E-state index contributed by atoms with van der Waals surface area (Å²) in [6.45, 7) is 2.14. The van der Waals surface area contributed by atoms with Crippen LogP contribution in [0.4, 0.5) is 0 Å². The lowest BCUT2D eigenvalue weighted by Gasteiger charge is -2.32. The predicted octanol–water partition coefficient (Wildman–Crippen LogP) is 1.32. The predicted molar refractivity (Wildman–Crippen MR) is 79.4 cm³/mol. The van der Waals surface area contributed by atoms with E-state index >= 15 is 0 Å². The molecule has 0 aromatic heterocycles. The molecule has 5 heteroatoms. The molecule has 0 unspecified atom stereocenters. The lowest BCUT2D eigenvalue weighted by molar-refractivity contribution is -0.868. The molecule has 1 saturated carbocycles. The highest BCUT2D eigenvalue weighted by molar-refractivity contribution is 6.06. The van der Waals surface area contributed by atoms with Gasteiger partial charge in [-0.25, -0.2) is 0 Å². The molecule has 0 aromatic carbocycles. The van der Waals surface area contributed by atoms with Crippen molar-refractivity contribution in [2.24, 2.45) is 17.3 Å². The summed E-state index contributed by atoms with van der Waals surface area (Å²) in [6.07, 6.45) is 6.26. The molecular formula is C17H20N5+. The van der Waals surface area contributed by atoms with Crippen molar-refractivity contribution in [3.8, 4) is 18.2 Å². The largest absolute Gasteiger partial charge is 0.306 e. The van der Waals surface area contributed by atoms with Gasteiger partial charge in [0.25, 0.3) is 0 Å². The number of allylic oxidation sites excluding steroid dienone is 2. The minimum Gasteiger partial charge on any atom is -0.306 e. The van der Waals surface area contributed by atoms with E-state index in [1.165, 1.54) is 29.9 Å². The van der Waals surface area contributed by atoms with Crippen molar-refractivity contribution in [2.45, 2.75) is 38.5 Å². The van der Waals surface area contributed by atoms with Crippen LogP contribution in [0.3, 0.4) is 0 Å². The van der Waals surface area contributed by atoms with Gasteiger partial charge in [0.2, 0.25) is 0 Å². The maximum absolute atomic E-state index is 9.62. The van der Waals surface area contributed by atoms with Crippen LogP contribution >= 0.6 is 0 Å². The number of rotatable bonds is 1. The average Bonchev–Trinajstić information content (AvgIpc) is 2.84. The molecule has 2 atom stereocenters. The minimum absolute atomic E-state index is 0.239. The van der Waals surface area contributed by atoms with Crippen LogP contribution in [0, 0.1) is 56.7 Å². The van der Waals surface area contributed by atoms with E-state index in [9.17, 15) is 15.8 Å². The normalized spacial score (nSPS) is 31.0. The maximum atomic E-state index is 9.62. The van der Waals surface area contributed by atoms with Crippen molar-refractivity contribution in [1.29, 1.82) is 21.2 Å². The SMILES string of the molecule is N#C[C@@H]1C(=N)C2=C([NH+]3CCCCC3)CCC[C@@H]2C1(C#N)C#N. The Bertz CT molecular complexity index is 634. The lowest BCUT2D eigenvalue weighted by atomic mass is 9.70. The Hall–Kier alpha value is -2.16. The summed E-state index contributed by atoms with van der Waals surface area (Å²) in [6, 6.07) is 6.30. The fourth-order valence-electron chi connectivity index (χ4n) is 4.49. The summed E-state index contributed by atoms with van der Waals surface area (Å²) < 4.78 is 0. The number of nitrogens with zero attached hydrogens (tertiary/aromatic N) is 3. The van der Waals surface area contributed by atoms with Gasteiger partial charge in [-0.1, -0.05) is 0 Å². The van der Waals surface area contributed by atoms with Crippen LogP contribution in [0.25, 0.3) is 0 Å². The van der Waals surface area contributed by atoms with Crippen LogP contribution in [0.1, 0.15) is 38.5 Å². The number of quaternary nitrogens is 1. The molecule has 0 aromatic rings. The average molecular weight is 294 g/mol. The molecule has 22 heavy (non-hydrogen) atoms. The first-order chi connectivity index (χ1) is 10.7. The van der Waals surface area contributed by atoms with Crippen molar-refractivity contribution in [3.05, 3.63) is 11.3 Å². The van der Waals surface area contributed by atoms with Gasteiger partial charge in [-0.3, -0.25) is 0 Å². The zero-order chi connectivity index (χ0) is 15.7. The number of likely N-dealkylation sites (tertiary alicyclic amines) is 1. The molecule has 0 spiro atoms. The second-order valence-electron chi connectivity index (χ2n) is 6.57.